The first-order valence-electron chi connectivity index (χ1n) is 12.0. The molecule has 2 rings (SSSR count). The molecule has 190 valence electrons. The number of amides is 3. The van der Waals surface area contributed by atoms with Gasteiger partial charge in [-0.05, 0) is 58.9 Å². The molecule has 2 atom stereocenters. The van der Waals surface area contributed by atoms with Crippen LogP contribution in [0.3, 0.4) is 0 Å². The summed E-state index contributed by atoms with van der Waals surface area (Å²) >= 11 is 0. The van der Waals surface area contributed by atoms with Crippen LogP contribution in [-0.4, -0.2) is 63.9 Å². The van der Waals surface area contributed by atoms with Gasteiger partial charge < -0.3 is 30.5 Å². The maximum atomic E-state index is 13.7. The fourth-order valence-electron chi connectivity index (χ4n) is 3.80. The van der Waals surface area contributed by atoms with E-state index in [-0.39, 0.29) is 11.8 Å². The van der Waals surface area contributed by atoms with Crippen LogP contribution in [0.1, 0.15) is 77.0 Å². The lowest BCUT2D eigenvalue weighted by atomic mass is 9.87. The SMILES string of the molecule is CCCCNC(=O)C(c1cccc(C)c1O)N(C(=O)C(CO)NC(=O)OC(C)(C)C)C1CCC1. The molecule has 1 aliphatic rings. The van der Waals surface area contributed by atoms with Crippen LogP contribution in [-0.2, 0) is 14.3 Å². The molecule has 9 nitrogen and oxygen atoms in total. The minimum absolute atomic E-state index is 0.0593. The van der Waals surface area contributed by atoms with Crippen LogP contribution < -0.4 is 10.6 Å². The highest BCUT2D eigenvalue weighted by Crippen LogP contribution is 2.37. The van der Waals surface area contributed by atoms with Gasteiger partial charge in [0.1, 0.15) is 23.4 Å². The van der Waals surface area contributed by atoms with Crippen LogP contribution in [0.25, 0.3) is 0 Å². The molecule has 1 fully saturated rings. The number of phenolic OH excluding ortho intramolecular Hbond substituents is 1. The number of aliphatic hydroxyl groups is 1. The minimum Gasteiger partial charge on any atom is -0.507 e. The highest BCUT2D eigenvalue weighted by Gasteiger charge is 2.42. The van der Waals surface area contributed by atoms with Crippen molar-refractivity contribution in [3.8, 4) is 5.75 Å². The molecule has 0 saturated heterocycles. The predicted molar refractivity (Wildman–Crippen MR) is 128 cm³/mol. The Balaban J connectivity index is 2.44. The molecule has 4 N–H and O–H groups in total. The number of alkyl carbamates (subject to hydrolysis) is 1. The largest absolute Gasteiger partial charge is 0.507 e. The van der Waals surface area contributed by atoms with E-state index in [1.54, 1.807) is 45.9 Å². The predicted octanol–water partition coefficient (Wildman–Crippen LogP) is 2.92. The molecule has 1 aliphatic carbocycles. The third-order valence-electron chi connectivity index (χ3n) is 5.81. The number of benzene rings is 1. The molecule has 9 heteroatoms. The van der Waals surface area contributed by atoms with Gasteiger partial charge in [-0.25, -0.2) is 4.79 Å². The number of carbonyl (C=O) groups is 3. The molecule has 1 aromatic rings. The lowest BCUT2D eigenvalue weighted by Crippen LogP contribution is -2.58. The second-order valence-electron chi connectivity index (χ2n) is 9.77. The van der Waals surface area contributed by atoms with Gasteiger partial charge in [-0.1, -0.05) is 31.5 Å². The molecule has 0 aliphatic heterocycles. The van der Waals surface area contributed by atoms with Crippen molar-refractivity contribution in [1.82, 2.24) is 15.5 Å². The number of hydrogen-bond acceptors (Lipinski definition) is 6. The summed E-state index contributed by atoms with van der Waals surface area (Å²) in [4.78, 5) is 40.8. The Morgan fingerprint density at radius 3 is 2.44 bits per heavy atom. The number of carbonyl (C=O) groups excluding carboxylic acids is 3. The van der Waals surface area contributed by atoms with Crippen molar-refractivity contribution in [3.63, 3.8) is 0 Å². The summed E-state index contributed by atoms with van der Waals surface area (Å²) in [5.41, 5.74) is 0.106. The standard InChI is InChI=1S/C25H39N3O6/c1-6-7-14-26-22(31)20(18-13-8-10-16(2)21(18)30)28(17-11-9-12-17)23(32)19(15-29)27-24(33)34-25(3,4)5/h8,10,13,17,19-20,29-30H,6-7,9,11-12,14-15H2,1-5H3,(H,26,31)(H,27,33). The molecule has 34 heavy (non-hydrogen) atoms. The molecule has 1 saturated carbocycles. The summed E-state index contributed by atoms with van der Waals surface area (Å²) in [6.07, 6.45) is 3.08. The molecule has 0 heterocycles. The average Bonchev–Trinajstić information content (AvgIpc) is 2.71. The Morgan fingerprint density at radius 1 is 1.24 bits per heavy atom. The number of aromatic hydroxyl groups is 1. The van der Waals surface area contributed by atoms with Gasteiger partial charge in [-0.15, -0.1) is 0 Å². The molecule has 3 amide bonds. The van der Waals surface area contributed by atoms with Crippen LogP contribution in [0.2, 0.25) is 0 Å². The molecule has 0 bridgehead atoms. The van der Waals surface area contributed by atoms with Crippen LogP contribution in [0.4, 0.5) is 4.79 Å². The van der Waals surface area contributed by atoms with Crippen molar-refractivity contribution in [2.45, 2.75) is 90.4 Å². The Morgan fingerprint density at radius 2 is 1.91 bits per heavy atom. The zero-order chi connectivity index (χ0) is 25.5. The number of hydrogen-bond donors (Lipinski definition) is 4. The van der Waals surface area contributed by atoms with Crippen molar-refractivity contribution >= 4 is 17.9 Å². The molecular weight excluding hydrogens is 438 g/mol. The molecule has 0 spiro atoms. The third kappa shape index (κ3) is 7.09. The van der Waals surface area contributed by atoms with Crippen LogP contribution in [0.15, 0.2) is 18.2 Å². The van der Waals surface area contributed by atoms with E-state index in [1.165, 1.54) is 4.90 Å². The van der Waals surface area contributed by atoms with Crippen molar-refractivity contribution in [1.29, 1.82) is 0 Å². The molecule has 0 radical (unpaired) electrons. The maximum absolute atomic E-state index is 13.7. The topological polar surface area (TPSA) is 128 Å². The monoisotopic (exact) mass is 477 g/mol. The first-order valence-corrected chi connectivity index (χ1v) is 12.0. The van der Waals surface area contributed by atoms with E-state index < -0.39 is 42.2 Å². The Kier molecular flexibility index (Phi) is 9.73. The number of ether oxygens (including phenoxy) is 1. The van der Waals surface area contributed by atoms with Gasteiger partial charge in [0.25, 0.3) is 0 Å². The number of nitrogens with one attached hydrogen (secondary N) is 2. The number of nitrogens with zero attached hydrogens (tertiary/aromatic N) is 1. The Bertz CT molecular complexity index is 863. The highest BCUT2D eigenvalue weighted by molar-refractivity contribution is 5.93. The minimum atomic E-state index is -1.30. The molecular formula is C25H39N3O6. The van der Waals surface area contributed by atoms with Crippen LogP contribution in [0.5, 0.6) is 5.75 Å². The van der Waals surface area contributed by atoms with Crippen LogP contribution >= 0.6 is 0 Å². The van der Waals surface area contributed by atoms with Crippen molar-refractivity contribution in [3.05, 3.63) is 29.3 Å². The maximum Gasteiger partial charge on any atom is 0.408 e. The number of aryl methyl sites for hydroxylation is 1. The van der Waals surface area contributed by atoms with E-state index in [1.807, 2.05) is 6.92 Å². The number of phenols is 1. The molecule has 2 unspecified atom stereocenters. The smallest absolute Gasteiger partial charge is 0.408 e. The zero-order valence-corrected chi connectivity index (χ0v) is 20.9. The van der Waals surface area contributed by atoms with E-state index in [2.05, 4.69) is 10.6 Å². The summed E-state index contributed by atoms with van der Waals surface area (Å²) < 4.78 is 5.24. The van der Waals surface area contributed by atoms with Gasteiger partial charge >= 0.3 is 6.09 Å². The normalized spacial score (nSPS) is 15.6. The number of aliphatic hydroxyl groups excluding tert-OH is 1. The fourth-order valence-corrected chi connectivity index (χ4v) is 3.80. The highest BCUT2D eigenvalue weighted by atomic mass is 16.6. The van der Waals surface area contributed by atoms with Gasteiger partial charge in [0.2, 0.25) is 11.8 Å². The lowest BCUT2D eigenvalue weighted by molar-refractivity contribution is -0.148. The average molecular weight is 478 g/mol. The third-order valence-corrected chi connectivity index (χ3v) is 5.81. The van der Waals surface area contributed by atoms with E-state index in [9.17, 15) is 24.6 Å². The molecule has 0 aromatic heterocycles. The van der Waals surface area contributed by atoms with E-state index in [0.29, 0.717) is 30.5 Å². The number of para-hydroxylation sites is 1. The van der Waals surface area contributed by atoms with Gasteiger partial charge in [-0.2, -0.15) is 0 Å². The van der Waals surface area contributed by atoms with Crippen molar-refractivity contribution < 1.29 is 29.3 Å². The fraction of sp³-hybridized carbons (Fsp3) is 0.640. The summed E-state index contributed by atoms with van der Waals surface area (Å²) in [6.45, 7) is 8.59. The van der Waals surface area contributed by atoms with Crippen LogP contribution in [0, 0.1) is 6.92 Å². The van der Waals surface area contributed by atoms with E-state index in [4.69, 9.17) is 4.74 Å². The summed E-state index contributed by atoms with van der Waals surface area (Å²) in [5.74, 6) is -1.07. The lowest BCUT2D eigenvalue weighted by Gasteiger charge is -2.43. The Hall–Kier alpha value is -2.81. The van der Waals surface area contributed by atoms with Gasteiger partial charge in [0, 0.05) is 18.2 Å². The molecule has 1 aromatic carbocycles. The quantitative estimate of drug-likeness (QED) is 0.384. The number of rotatable bonds is 10. The zero-order valence-electron chi connectivity index (χ0n) is 20.9. The first-order chi connectivity index (χ1) is 16.0. The summed E-state index contributed by atoms with van der Waals surface area (Å²) in [6, 6.07) is 2.41. The second-order valence-corrected chi connectivity index (χ2v) is 9.77. The first kappa shape index (κ1) is 27.4. The van der Waals surface area contributed by atoms with Gasteiger partial charge in [-0.3, -0.25) is 9.59 Å². The van der Waals surface area contributed by atoms with Crippen molar-refractivity contribution in [2.24, 2.45) is 0 Å². The second kappa shape index (κ2) is 12.1. The summed E-state index contributed by atoms with van der Waals surface area (Å²) in [7, 11) is 0. The van der Waals surface area contributed by atoms with Gasteiger partial charge in [0.15, 0.2) is 0 Å². The summed E-state index contributed by atoms with van der Waals surface area (Å²) in [5, 5.41) is 26.1. The number of unbranched alkanes of at least 4 members (excludes halogenated alkanes) is 1. The van der Waals surface area contributed by atoms with Crippen molar-refractivity contribution in [2.75, 3.05) is 13.2 Å². The van der Waals surface area contributed by atoms with E-state index >= 15 is 0 Å². The van der Waals surface area contributed by atoms with Gasteiger partial charge in [0.05, 0.1) is 6.61 Å². The Labute approximate surface area is 201 Å². The van der Waals surface area contributed by atoms with E-state index in [0.717, 1.165) is 19.3 Å².